The Morgan fingerprint density at radius 2 is 1.54 bits per heavy atom. The highest BCUT2D eigenvalue weighted by Crippen LogP contribution is 2.21. The number of aryl methyl sites for hydroxylation is 1. The Morgan fingerprint density at radius 3 is 2.08 bits per heavy atom. The van der Waals surface area contributed by atoms with E-state index in [-0.39, 0.29) is 5.75 Å². The lowest BCUT2D eigenvalue weighted by Gasteiger charge is -2.35. The zero-order valence-corrected chi connectivity index (χ0v) is 15.1. The number of piperazine rings is 1. The number of anilines is 2. The van der Waals surface area contributed by atoms with Crippen LogP contribution in [0.3, 0.4) is 0 Å². The second-order valence-electron chi connectivity index (χ2n) is 6.02. The number of rotatable bonds is 4. The van der Waals surface area contributed by atoms with Gasteiger partial charge in [-0.15, -0.1) is 0 Å². The van der Waals surface area contributed by atoms with Crippen LogP contribution in [0, 0.1) is 6.92 Å². The maximum atomic E-state index is 12.0. The molecule has 3 heterocycles. The largest absolute Gasteiger partial charge is 0.378 e. The van der Waals surface area contributed by atoms with E-state index in [1.165, 1.54) is 0 Å². The molecule has 0 saturated carbocycles. The van der Waals surface area contributed by atoms with E-state index in [9.17, 15) is 8.42 Å². The molecule has 2 aliphatic rings. The lowest BCUT2D eigenvalue weighted by molar-refractivity contribution is 0.122. The molecule has 2 saturated heterocycles. The second kappa shape index (κ2) is 7.20. The van der Waals surface area contributed by atoms with Crippen molar-refractivity contribution < 1.29 is 13.2 Å². The van der Waals surface area contributed by atoms with Crippen molar-refractivity contribution in [1.82, 2.24) is 14.3 Å². The third-order valence-corrected chi connectivity index (χ3v) is 6.35. The van der Waals surface area contributed by atoms with E-state index in [4.69, 9.17) is 4.74 Å². The highest BCUT2D eigenvalue weighted by molar-refractivity contribution is 7.89. The number of hydrogen-bond acceptors (Lipinski definition) is 7. The Hall–Kier alpha value is -1.45. The number of hydrogen-bond donors (Lipinski definition) is 0. The van der Waals surface area contributed by atoms with E-state index < -0.39 is 10.0 Å². The van der Waals surface area contributed by atoms with Crippen molar-refractivity contribution in [3.63, 3.8) is 0 Å². The van der Waals surface area contributed by atoms with Crippen LogP contribution in [-0.2, 0) is 14.8 Å². The molecule has 3 rings (SSSR count). The highest BCUT2D eigenvalue weighted by atomic mass is 32.2. The van der Waals surface area contributed by atoms with Gasteiger partial charge in [-0.2, -0.15) is 4.31 Å². The van der Waals surface area contributed by atoms with Crippen LogP contribution in [0.25, 0.3) is 0 Å². The zero-order valence-electron chi connectivity index (χ0n) is 14.3. The van der Waals surface area contributed by atoms with Crippen molar-refractivity contribution >= 4 is 21.7 Å². The summed E-state index contributed by atoms with van der Waals surface area (Å²) in [6.07, 6.45) is 0. The summed E-state index contributed by atoms with van der Waals surface area (Å²) in [5, 5.41) is 0. The molecule has 0 amide bonds. The zero-order chi connectivity index (χ0) is 17.2. The van der Waals surface area contributed by atoms with Gasteiger partial charge in [0, 0.05) is 45.3 Å². The molecule has 1 aromatic heterocycles. The third kappa shape index (κ3) is 3.79. The van der Waals surface area contributed by atoms with Gasteiger partial charge in [-0.25, -0.2) is 18.4 Å². The van der Waals surface area contributed by atoms with Crippen LogP contribution in [0.4, 0.5) is 11.6 Å². The van der Waals surface area contributed by atoms with Crippen molar-refractivity contribution in [2.45, 2.75) is 13.8 Å². The molecule has 2 fully saturated rings. The van der Waals surface area contributed by atoms with Gasteiger partial charge >= 0.3 is 0 Å². The number of morpholine rings is 1. The van der Waals surface area contributed by atoms with Crippen molar-refractivity contribution in [2.24, 2.45) is 0 Å². The molecule has 0 atom stereocenters. The van der Waals surface area contributed by atoms with Crippen LogP contribution in [0.15, 0.2) is 6.07 Å². The van der Waals surface area contributed by atoms with E-state index in [0.717, 1.165) is 30.5 Å². The topological polar surface area (TPSA) is 78.9 Å². The lowest BCUT2D eigenvalue weighted by atomic mass is 10.3. The minimum Gasteiger partial charge on any atom is -0.378 e. The van der Waals surface area contributed by atoms with Gasteiger partial charge in [0.2, 0.25) is 10.0 Å². The molecule has 8 nitrogen and oxygen atoms in total. The Balaban J connectivity index is 1.72. The lowest BCUT2D eigenvalue weighted by Crippen LogP contribution is -2.49. The summed E-state index contributed by atoms with van der Waals surface area (Å²) in [7, 11) is -3.11. The fourth-order valence-electron chi connectivity index (χ4n) is 3.03. The number of aromatic nitrogens is 2. The minimum atomic E-state index is -3.11. The molecule has 0 aliphatic carbocycles. The van der Waals surface area contributed by atoms with Gasteiger partial charge in [-0.05, 0) is 13.8 Å². The summed E-state index contributed by atoms with van der Waals surface area (Å²) in [5.41, 5.74) is 0. The Bertz CT molecular complexity index is 668. The van der Waals surface area contributed by atoms with E-state index >= 15 is 0 Å². The minimum absolute atomic E-state index is 0.154. The summed E-state index contributed by atoms with van der Waals surface area (Å²) in [4.78, 5) is 13.4. The van der Waals surface area contributed by atoms with Crippen molar-refractivity contribution in [1.29, 1.82) is 0 Å². The summed E-state index contributed by atoms with van der Waals surface area (Å²) in [6.45, 7) is 8.98. The molecule has 0 unspecified atom stereocenters. The molecule has 0 bridgehead atoms. The van der Waals surface area contributed by atoms with Gasteiger partial charge in [0.05, 0.1) is 19.0 Å². The average molecular weight is 355 g/mol. The molecule has 0 aromatic carbocycles. The van der Waals surface area contributed by atoms with Gasteiger partial charge in [-0.3, -0.25) is 0 Å². The monoisotopic (exact) mass is 355 g/mol. The first kappa shape index (κ1) is 17.4. The summed E-state index contributed by atoms with van der Waals surface area (Å²) in [5.74, 6) is 2.68. The summed E-state index contributed by atoms with van der Waals surface area (Å²) >= 11 is 0. The molecule has 9 heteroatoms. The maximum absolute atomic E-state index is 12.0. The van der Waals surface area contributed by atoms with Crippen molar-refractivity contribution in [2.75, 3.05) is 68.0 Å². The first-order valence-electron chi connectivity index (χ1n) is 8.41. The average Bonchev–Trinajstić information content (AvgIpc) is 2.62. The molecule has 1 aromatic rings. The smallest absolute Gasteiger partial charge is 0.213 e. The quantitative estimate of drug-likeness (QED) is 0.757. The first-order valence-corrected chi connectivity index (χ1v) is 10.0. The number of nitrogens with zero attached hydrogens (tertiary/aromatic N) is 5. The van der Waals surface area contributed by atoms with Crippen LogP contribution >= 0.6 is 0 Å². The number of sulfonamides is 1. The fourth-order valence-corrected chi connectivity index (χ4v) is 4.12. The predicted octanol–water partition coefficient (Wildman–Crippen LogP) is 0.0933. The van der Waals surface area contributed by atoms with E-state index in [0.29, 0.717) is 39.4 Å². The van der Waals surface area contributed by atoms with Gasteiger partial charge < -0.3 is 14.5 Å². The van der Waals surface area contributed by atoms with Gasteiger partial charge in [-0.1, -0.05) is 0 Å². The van der Waals surface area contributed by atoms with Crippen molar-refractivity contribution in [3.8, 4) is 0 Å². The first-order chi connectivity index (χ1) is 11.5. The van der Waals surface area contributed by atoms with Gasteiger partial charge in [0.1, 0.15) is 17.5 Å². The van der Waals surface area contributed by atoms with Crippen molar-refractivity contribution in [3.05, 3.63) is 11.9 Å². The van der Waals surface area contributed by atoms with Crippen LogP contribution in [-0.4, -0.2) is 80.9 Å². The number of ether oxygens (including phenoxy) is 1. The highest BCUT2D eigenvalue weighted by Gasteiger charge is 2.26. The van der Waals surface area contributed by atoms with E-state index in [2.05, 4.69) is 19.8 Å². The molecule has 134 valence electrons. The molecule has 0 N–H and O–H groups in total. The van der Waals surface area contributed by atoms with Crippen LogP contribution < -0.4 is 9.80 Å². The molecule has 24 heavy (non-hydrogen) atoms. The molecule has 0 radical (unpaired) electrons. The van der Waals surface area contributed by atoms with E-state index in [1.807, 2.05) is 13.0 Å². The second-order valence-corrected chi connectivity index (χ2v) is 8.28. The maximum Gasteiger partial charge on any atom is 0.213 e. The standard InChI is InChI=1S/C15H25N5O3S/c1-3-24(21,22)20-6-4-18(5-7-20)14-12-15(17-13(2)16-14)19-8-10-23-11-9-19/h12H,3-11H2,1-2H3. The van der Waals surface area contributed by atoms with Crippen LogP contribution in [0.2, 0.25) is 0 Å². The Labute approximate surface area is 143 Å². The Kier molecular flexibility index (Phi) is 5.21. The van der Waals surface area contributed by atoms with Crippen LogP contribution in [0.1, 0.15) is 12.7 Å². The summed E-state index contributed by atoms with van der Waals surface area (Å²) in [6, 6.07) is 2.00. The summed E-state index contributed by atoms with van der Waals surface area (Å²) < 4.78 is 30.9. The third-order valence-electron chi connectivity index (χ3n) is 4.47. The van der Waals surface area contributed by atoms with Gasteiger partial charge in [0.25, 0.3) is 0 Å². The SMILES string of the molecule is CCS(=O)(=O)N1CCN(c2cc(N3CCOCC3)nc(C)n2)CC1. The van der Waals surface area contributed by atoms with Crippen LogP contribution in [0.5, 0.6) is 0 Å². The fraction of sp³-hybridized carbons (Fsp3) is 0.733. The molecular weight excluding hydrogens is 330 g/mol. The Morgan fingerprint density at radius 1 is 1.00 bits per heavy atom. The van der Waals surface area contributed by atoms with E-state index in [1.54, 1.807) is 11.2 Å². The normalized spacial score (nSPS) is 20.4. The predicted molar refractivity (Wildman–Crippen MR) is 93.0 cm³/mol. The molecule has 2 aliphatic heterocycles. The van der Waals surface area contributed by atoms with Gasteiger partial charge in [0.15, 0.2) is 0 Å². The molecular formula is C15H25N5O3S. The molecule has 0 spiro atoms.